The number of carbonyl (C=O) groups excluding carboxylic acids is 1. The maximum Gasteiger partial charge on any atom is 0.328 e. The van der Waals surface area contributed by atoms with Crippen LogP contribution in [0.2, 0.25) is 0 Å². The Hall–Kier alpha value is -1.62. The lowest BCUT2D eigenvalue weighted by Gasteiger charge is -2.27. The normalized spacial score (nSPS) is 11.7. The predicted octanol–water partition coefficient (Wildman–Crippen LogP) is 3.15. The molecule has 0 unspecified atom stereocenters. The number of aliphatic carboxylic acids is 1. The minimum Gasteiger partial charge on any atom is -0.478 e. The molecule has 1 amide bonds. The van der Waals surface area contributed by atoms with Crippen LogP contribution in [-0.2, 0) is 4.79 Å². The van der Waals surface area contributed by atoms with Gasteiger partial charge in [0.15, 0.2) is 0 Å². The molecule has 0 aliphatic carbocycles. The molecule has 1 heterocycles. The van der Waals surface area contributed by atoms with Crippen LogP contribution < -0.4 is 5.32 Å². The van der Waals surface area contributed by atoms with Gasteiger partial charge >= 0.3 is 5.97 Å². The predicted molar refractivity (Wildman–Crippen MR) is 77.4 cm³/mol. The van der Waals surface area contributed by atoms with Crippen LogP contribution in [0.15, 0.2) is 18.2 Å². The zero-order valence-electron chi connectivity index (χ0n) is 11.4. The number of carboxylic acid groups (broad SMARTS) is 1. The van der Waals surface area contributed by atoms with E-state index in [2.05, 4.69) is 5.32 Å². The van der Waals surface area contributed by atoms with Gasteiger partial charge in [0.2, 0.25) is 0 Å². The summed E-state index contributed by atoms with van der Waals surface area (Å²) in [5.74, 6) is -1.10. The Labute approximate surface area is 117 Å². The average molecular weight is 281 g/mol. The second-order valence-electron chi connectivity index (χ2n) is 4.60. The first kappa shape index (κ1) is 15.4. The Kier molecular flexibility index (Phi) is 5.30. The molecule has 0 aliphatic heterocycles. The lowest BCUT2D eigenvalue weighted by Crippen LogP contribution is -2.44. The highest BCUT2D eigenvalue weighted by Gasteiger charge is 2.23. The van der Waals surface area contributed by atoms with Crippen molar-refractivity contribution in [3.8, 4) is 0 Å². The zero-order chi connectivity index (χ0) is 14.5. The fraction of sp³-hybridized carbons (Fsp3) is 0.429. The van der Waals surface area contributed by atoms with Crippen molar-refractivity contribution in [1.82, 2.24) is 5.32 Å². The van der Waals surface area contributed by atoms with E-state index in [0.29, 0.717) is 4.88 Å². The van der Waals surface area contributed by atoms with Crippen LogP contribution in [0.1, 0.15) is 48.2 Å². The zero-order valence-corrected chi connectivity index (χ0v) is 12.2. The molecule has 0 saturated heterocycles. The summed E-state index contributed by atoms with van der Waals surface area (Å²) < 4.78 is 0. The molecule has 0 fully saturated rings. The highest BCUT2D eigenvalue weighted by atomic mass is 32.1. The number of rotatable bonds is 6. The first-order valence-corrected chi connectivity index (χ1v) is 7.05. The number of hydrogen-bond donors (Lipinski definition) is 2. The second kappa shape index (κ2) is 6.52. The SMILES string of the molecule is CCC(C)(CC)NC(=O)c1ccc(/C=C/C(=O)O)s1. The molecule has 19 heavy (non-hydrogen) atoms. The van der Waals surface area contributed by atoms with Gasteiger partial charge in [-0.05, 0) is 38.0 Å². The molecule has 0 atom stereocenters. The van der Waals surface area contributed by atoms with E-state index in [-0.39, 0.29) is 11.4 Å². The molecule has 0 aromatic carbocycles. The topological polar surface area (TPSA) is 66.4 Å². The molecule has 1 aromatic rings. The van der Waals surface area contributed by atoms with Gasteiger partial charge < -0.3 is 10.4 Å². The molecule has 4 nitrogen and oxygen atoms in total. The Bertz CT molecular complexity index is 487. The van der Waals surface area contributed by atoms with Crippen LogP contribution in [0.5, 0.6) is 0 Å². The number of nitrogens with one attached hydrogen (secondary N) is 1. The van der Waals surface area contributed by atoms with E-state index < -0.39 is 5.97 Å². The Morgan fingerprint density at radius 2 is 2.00 bits per heavy atom. The minimum atomic E-state index is -0.996. The van der Waals surface area contributed by atoms with E-state index in [4.69, 9.17) is 5.11 Å². The summed E-state index contributed by atoms with van der Waals surface area (Å²) in [5.41, 5.74) is -0.196. The van der Waals surface area contributed by atoms with Gasteiger partial charge in [-0.3, -0.25) is 4.79 Å². The van der Waals surface area contributed by atoms with E-state index in [1.165, 1.54) is 17.4 Å². The third-order valence-electron chi connectivity index (χ3n) is 3.22. The van der Waals surface area contributed by atoms with Gasteiger partial charge in [-0.15, -0.1) is 11.3 Å². The summed E-state index contributed by atoms with van der Waals surface area (Å²) >= 11 is 1.28. The smallest absolute Gasteiger partial charge is 0.328 e. The van der Waals surface area contributed by atoms with Gasteiger partial charge in [0.25, 0.3) is 5.91 Å². The summed E-state index contributed by atoms with van der Waals surface area (Å²) in [6, 6.07) is 3.46. The third kappa shape index (κ3) is 4.52. The summed E-state index contributed by atoms with van der Waals surface area (Å²) in [6.45, 7) is 6.10. The van der Waals surface area contributed by atoms with Crippen LogP contribution >= 0.6 is 11.3 Å². The molecule has 1 aromatic heterocycles. The van der Waals surface area contributed by atoms with Crippen LogP contribution in [0.25, 0.3) is 6.08 Å². The molecule has 0 spiro atoms. The molecule has 5 heteroatoms. The molecule has 104 valence electrons. The van der Waals surface area contributed by atoms with Crippen molar-refractivity contribution in [2.24, 2.45) is 0 Å². The van der Waals surface area contributed by atoms with Crippen LogP contribution in [-0.4, -0.2) is 22.5 Å². The van der Waals surface area contributed by atoms with Crippen molar-refractivity contribution in [1.29, 1.82) is 0 Å². The summed E-state index contributed by atoms with van der Waals surface area (Å²) in [5, 5.41) is 11.6. The maximum absolute atomic E-state index is 12.1. The number of carbonyl (C=O) groups is 2. The molecule has 0 bridgehead atoms. The third-order valence-corrected chi connectivity index (χ3v) is 4.27. The summed E-state index contributed by atoms with van der Waals surface area (Å²) in [6.07, 6.45) is 4.29. The molecule has 0 saturated carbocycles. The van der Waals surface area contributed by atoms with Crippen molar-refractivity contribution < 1.29 is 14.7 Å². The summed E-state index contributed by atoms with van der Waals surface area (Å²) in [7, 11) is 0. The first-order chi connectivity index (χ1) is 8.90. The molecule has 0 radical (unpaired) electrons. The number of hydrogen-bond acceptors (Lipinski definition) is 3. The van der Waals surface area contributed by atoms with Gasteiger partial charge in [-0.2, -0.15) is 0 Å². The van der Waals surface area contributed by atoms with E-state index in [0.717, 1.165) is 23.8 Å². The number of amides is 1. The molecular weight excluding hydrogens is 262 g/mol. The van der Waals surface area contributed by atoms with E-state index in [1.54, 1.807) is 12.1 Å². The molecule has 2 N–H and O–H groups in total. The van der Waals surface area contributed by atoms with Gasteiger partial charge in [-0.1, -0.05) is 13.8 Å². The second-order valence-corrected chi connectivity index (χ2v) is 5.71. The van der Waals surface area contributed by atoms with Crippen molar-refractivity contribution >= 4 is 29.3 Å². The van der Waals surface area contributed by atoms with Crippen molar-refractivity contribution in [3.63, 3.8) is 0 Å². The molecule has 0 aliphatic rings. The monoisotopic (exact) mass is 281 g/mol. The quantitative estimate of drug-likeness (QED) is 0.787. The van der Waals surface area contributed by atoms with Crippen molar-refractivity contribution in [2.75, 3.05) is 0 Å². The fourth-order valence-electron chi connectivity index (χ4n) is 1.48. The van der Waals surface area contributed by atoms with Crippen molar-refractivity contribution in [2.45, 2.75) is 39.2 Å². The van der Waals surface area contributed by atoms with Crippen molar-refractivity contribution in [3.05, 3.63) is 28.0 Å². The highest BCUT2D eigenvalue weighted by Crippen LogP contribution is 2.20. The van der Waals surface area contributed by atoms with Gasteiger partial charge in [0.1, 0.15) is 0 Å². The lowest BCUT2D eigenvalue weighted by molar-refractivity contribution is -0.131. The Balaban J connectivity index is 2.76. The molecule has 1 rings (SSSR count). The van der Waals surface area contributed by atoms with E-state index in [9.17, 15) is 9.59 Å². The van der Waals surface area contributed by atoms with Gasteiger partial charge in [-0.25, -0.2) is 4.79 Å². The largest absolute Gasteiger partial charge is 0.478 e. The summed E-state index contributed by atoms with van der Waals surface area (Å²) in [4.78, 5) is 23.9. The Morgan fingerprint density at radius 3 is 2.53 bits per heavy atom. The van der Waals surface area contributed by atoms with E-state index in [1.807, 2.05) is 20.8 Å². The van der Waals surface area contributed by atoms with Crippen LogP contribution in [0, 0.1) is 0 Å². The molecular formula is C14H19NO3S. The average Bonchev–Trinajstić information content (AvgIpc) is 2.85. The fourth-order valence-corrected chi connectivity index (χ4v) is 2.29. The lowest BCUT2D eigenvalue weighted by atomic mass is 9.95. The standard InChI is InChI=1S/C14H19NO3S/c1-4-14(3,5-2)15-13(18)11-8-6-10(19-11)7-9-12(16)17/h6-9H,4-5H2,1-3H3,(H,15,18)(H,16,17)/b9-7+. The Morgan fingerprint density at radius 1 is 1.37 bits per heavy atom. The maximum atomic E-state index is 12.1. The number of thiophene rings is 1. The van der Waals surface area contributed by atoms with Gasteiger partial charge in [0, 0.05) is 16.5 Å². The first-order valence-electron chi connectivity index (χ1n) is 6.23. The van der Waals surface area contributed by atoms with Crippen LogP contribution in [0.4, 0.5) is 0 Å². The number of carboxylic acids is 1. The van der Waals surface area contributed by atoms with Crippen LogP contribution in [0.3, 0.4) is 0 Å². The van der Waals surface area contributed by atoms with E-state index >= 15 is 0 Å². The van der Waals surface area contributed by atoms with Gasteiger partial charge in [0.05, 0.1) is 4.88 Å². The minimum absolute atomic E-state index is 0.105. The highest BCUT2D eigenvalue weighted by molar-refractivity contribution is 7.14.